The molecule has 0 amide bonds. The monoisotopic (exact) mass is 676 g/mol. The Morgan fingerprint density at radius 1 is 0.595 bits per heavy atom. The Labute approximate surface area is 265 Å². The molecule has 0 heterocycles. The van der Waals surface area contributed by atoms with Crippen molar-refractivity contribution in [2.75, 3.05) is 17.3 Å². The van der Waals surface area contributed by atoms with Crippen LogP contribution in [0.4, 0.5) is 13.2 Å². The molecule has 3 nitrogen and oxygen atoms in total. The van der Waals surface area contributed by atoms with Gasteiger partial charge in [-0.2, -0.15) is 13.2 Å². The van der Waals surface area contributed by atoms with Crippen molar-refractivity contribution in [1.29, 1.82) is 0 Å². The van der Waals surface area contributed by atoms with E-state index in [2.05, 4.69) is 93.6 Å². The largest absolute Gasteiger partial charge is 0.741 e. The van der Waals surface area contributed by atoms with Crippen LogP contribution in [0.2, 0.25) is 0 Å². The molecule has 0 aliphatic heterocycles. The highest BCUT2D eigenvalue weighted by Gasteiger charge is 2.37. The number of alkyl halides is 3. The van der Waals surface area contributed by atoms with Crippen LogP contribution < -0.4 is 0 Å². The molecule has 0 spiro atoms. The van der Waals surface area contributed by atoms with Crippen molar-refractivity contribution >= 4 is 56.3 Å². The van der Waals surface area contributed by atoms with E-state index in [1.807, 2.05) is 35.3 Å². The zero-order valence-electron chi connectivity index (χ0n) is 24.2. The summed E-state index contributed by atoms with van der Waals surface area (Å²) in [6.45, 7) is 6.78. The van der Waals surface area contributed by atoms with Gasteiger partial charge in [0.05, 0.1) is 10.9 Å². The lowest BCUT2D eigenvalue weighted by Gasteiger charge is -2.10. The van der Waals surface area contributed by atoms with Crippen molar-refractivity contribution in [1.82, 2.24) is 0 Å². The van der Waals surface area contributed by atoms with E-state index in [0.717, 1.165) is 0 Å². The normalized spacial score (nSPS) is 11.8. The van der Waals surface area contributed by atoms with E-state index in [1.165, 1.54) is 85.2 Å². The molecule has 0 N–H and O–H groups in total. The van der Waals surface area contributed by atoms with Crippen molar-refractivity contribution in [3.63, 3.8) is 0 Å². The number of unbranched alkanes of at least 4 members (excludes halogenated alkanes) is 3. The topological polar surface area (TPSA) is 57.2 Å². The molecular formula is C31H39F3O3S5. The van der Waals surface area contributed by atoms with Crippen molar-refractivity contribution in [3.05, 3.63) is 72.8 Å². The van der Waals surface area contributed by atoms with E-state index in [9.17, 15) is 13.2 Å². The molecule has 0 aromatic heterocycles. The summed E-state index contributed by atoms with van der Waals surface area (Å²) in [6.07, 6.45) is 7.61. The number of halogens is 3. The second kappa shape index (κ2) is 19.2. The zero-order chi connectivity index (χ0) is 31.0. The van der Waals surface area contributed by atoms with Crippen molar-refractivity contribution < 1.29 is 26.1 Å². The van der Waals surface area contributed by atoms with Crippen LogP contribution in [0.5, 0.6) is 0 Å². The van der Waals surface area contributed by atoms with Gasteiger partial charge in [0.25, 0.3) is 0 Å². The van der Waals surface area contributed by atoms with E-state index < -0.39 is 15.6 Å². The minimum atomic E-state index is -6.09. The Morgan fingerprint density at radius 2 is 0.833 bits per heavy atom. The van der Waals surface area contributed by atoms with Gasteiger partial charge >= 0.3 is 5.51 Å². The minimum absolute atomic E-state index is 0.0892. The maximum Gasteiger partial charge on any atom is 0.485 e. The van der Waals surface area contributed by atoms with Gasteiger partial charge in [0.15, 0.2) is 24.8 Å². The Bertz CT molecular complexity index is 1140. The van der Waals surface area contributed by atoms with Gasteiger partial charge in [0, 0.05) is 14.7 Å². The van der Waals surface area contributed by atoms with E-state index >= 15 is 0 Å². The molecule has 0 unspecified atom stereocenters. The molecule has 0 saturated heterocycles. The van der Waals surface area contributed by atoms with Crippen molar-refractivity contribution in [2.45, 2.75) is 94.2 Å². The first-order valence-corrected chi connectivity index (χ1v) is 19.5. The van der Waals surface area contributed by atoms with Crippen LogP contribution in [0, 0.1) is 0 Å². The van der Waals surface area contributed by atoms with Gasteiger partial charge in [-0.15, -0.1) is 35.3 Å². The van der Waals surface area contributed by atoms with Gasteiger partial charge in [-0.1, -0.05) is 40.0 Å². The Morgan fingerprint density at radius 3 is 1.02 bits per heavy atom. The summed E-state index contributed by atoms with van der Waals surface area (Å²) >= 11 is 5.93. The van der Waals surface area contributed by atoms with E-state index in [1.54, 1.807) is 0 Å². The Hall–Kier alpha value is -1.24. The van der Waals surface area contributed by atoms with Crippen LogP contribution in [0.3, 0.4) is 0 Å². The molecule has 3 aromatic rings. The predicted molar refractivity (Wildman–Crippen MR) is 174 cm³/mol. The number of thioether (sulfide) groups is 3. The van der Waals surface area contributed by atoms with Gasteiger partial charge in [-0.3, -0.25) is 0 Å². The van der Waals surface area contributed by atoms with Crippen LogP contribution >= 0.6 is 35.3 Å². The summed E-state index contributed by atoms with van der Waals surface area (Å²) in [5.41, 5.74) is -5.65. The third kappa shape index (κ3) is 13.2. The van der Waals surface area contributed by atoms with Crippen LogP contribution in [0.25, 0.3) is 0 Å². The van der Waals surface area contributed by atoms with Crippen molar-refractivity contribution in [2.24, 2.45) is 0 Å². The smallest absolute Gasteiger partial charge is 0.485 e. The zero-order valence-corrected chi connectivity index (χ0v) is 28.3. The Balaban J connectivity index is 0.000000675. The molecule has 0 atom stereocenters. The van der Waals surface area contributed by atoms with Crippen LogP contribution in [0.1, 0.15) is 59.3 Å². The van der Waals surface area contributed by atoms with Gasteiger partial charge < -0.3 is 4.55 Å². The summed E-state index contributed by atoms with van der Waals surface area (Å²) in [5.74, 6) is 3.61. The SMILES string of the molecule is CCCCSc1ccc([S+](c2ccc(SCCCC)cc2)c2ccc(SCCCC)cc2)cc1.O=S(=O)([O-])C(F)(F)F. The lowest BCUT2D eigenvalue weighted by atomic mass is 10.3. The van der Waals surface area contributed by atoms with Crippen molar-refractivity contribution in [3.8, 4) is 0 Å². The molecule has 0 fully saturated rings. The fraction of sp³-hybridized carbons (Fsp3) is 0.419. The molecule has 0 bridgehead atoms. The van der Waals surface area contributed by atoms with Gasteiger partial charge in [0.1, 0.15) is 0 Å². The number of benzene rings is 3. The van der Waals surface area contributed by atoms with Crippen LogP contribution in [-0.2, 0) is 21.0 Å². The molecule has 0 radical (unpaired) electrons. The fourth-order valence-electron chi connectivity index (χ4n) is 3.43. The first kappa shape index (κ1) is 36.9. The lowest BCUT2D eigenvalue weighted by molar-refractivity contribution is -0.0517. The standard InChI is InChI=1S/C30H39S4.CHF3O3S/c1-4-7-22-31-25-10-16-28(17-11-25)34(29-18-12-26(13-19-29)32-23-8-5-2)30-20-14-27(15-21-30)33-24-9-6-3;2-1(3,4)8(5,6)7/h10-21H,4-9,22-24H2,1-3H3;(H,5,6,7)/q+1;/p-1. The average Bonchev–Trinajstić information content (AvgIpc) is 2.95. The van der Waals surface area contributed by atoms with Gasteiger partial charge in [-0.25, -0.2) is 8.42 Å². The maximum atomic E-state index is 10.7. The Kier molecular flexibility index (Phi) is 16.9. The first-order chi connectivity index (χ1) is 20.0. The molecule has 0 aliphatic rings. The van der Waals surface area contributed by atoms with E-state index in [-0.39, 0.29) is 10.9 Å². The second-order valence-electron chi connectivity index (χ2n) is 9.23. The molecule has 232 valence electrons. The van der Waals surface area contributed by atoms with Crippen LogP contribution in [-0.4, -0.2) is 35.7 Å². The maximum absolute atomic E-state index is 10.7. The molecule has 3 aromatic carbocycles. The van der Waals surface area contributed by atoms with E-state index in [0.29, 0.717) is 0 Å². The molecule has 3 rings (SSSR count). The van der Waals surface area contributed by atoms with Gasteiger partial charge in [0.2, 0.25) is 0 Å². The van der Waals surface area contributed by atoms with Crippen LogP contribution in [0.15, 0.2) is 102 Å². The molecule has 11 heteroatoms. The summed E-state index contributed by atoms with van der Waals surface area (Å²) in [5, 5.41) is 0. The summed E-state index contributed by atoms with van der Waals surface area (Å²) in [7, 11) is -6.18. The summed E-state index contributed by atoms with van der Waals surface area (Å²) in [6, 6.07) is 28.0. The first-order valence-electron chi connectivity index (χ1n) is 13.9. The number of rotatable bonds is 15. The third-order valence-corrected chi connectivity index (χ3v) is 11.9. The predicted octanol–water partition coefficient (Wildman–Crippen LogP) is 10.5. The highest BCUT2D eigenvalue weighted by atomic mass is 32.2. The summed E-state index contributed by atoms with van der Waals surface area (Å²) < 4.78 is 58.9. The molecule has 42 heavy (non-hydrogen) atoms. The van der Waals surface area contributed by atoms with E-state index in [4.69, 9.17) is 13.0 Å². The summed E-state index contributed by atoms with van der Waals surface area (Å²) in [4.78, 5) is 8.34. The lowest BCUT2D eigenvalue weighted by Crippen LogP contribution is -2.21. The molecular weight excluding hydrogens is 638 g/mol. The highest BCUT2D eigenvalue weighted by molar-refractivity contribution is 8.00. The number of hydrogen-bond acceptors (Lipinski definition) is 6. The molecule has 0 saturated carbocycles. The average molecular weight is 677 g/mol. The quantitative estimate of drug-likeness (QED) is 0.0525. The third-order valence-electron chi connectivity index (χ3n) is 5.76. The van der Waals surface area contributed by atoms with Gasteiger partial charge in [-0.05, 0) is 109 Å². The number of hydrogen-bond donors (Lipinski definition) is 0. The highest BCUT2D eigenvalue weighted by Crippen LogP contribution is 2.35. The minimum Gasteiger partial charge on any atom is -0.741 e. The second-order valence-corrected chi connectivity index (χ2v) is 16.1. The fourth-order valence-corrected chi connectivity index (χ4v) is 8.46. The molecule has 0 aliphatic carbocycles.